The van der Waals surface area contributed by atoms with Gasteiger partial charge in [0, 0.05) is 18.4 Å². The summed E-state index contributed by atoms with van der Waals surface area (Å²) in [7, 11) is 1.62. The molecule has 4 heteroatoms. The van der Waals surface area contributed by atoms with Crippen LogP contribution in [0.5, 0.6) is 5.75 Å². The van der Waals surface area contributed by atoms with E-state index >= 15 is 0 Å². The normalized spacial score (nSPS) is 14.4. The van der Waals surface area contributed by atoms with Crippen molar-refractivity contribution in [1.29, 1.82) is 0 Å². The Kier molecular flexibility index (Phi) is 2.63. The molecular formula is C14H13NO3. The molecule has 0 unspecified atom stereocenters. The highest BCUT2D eigenvalue weighted by molar-refractivity contribution is 6.03. The van der Waals surface area contributed by atoms with Gasteiger partial charge in [-0.1, -0.05) is 5.16 Å². The fourth-order valence-corrected chi connectivity index (χ4v) is 2.26. The van der Waals surface area contributed by atoms with Crippen molar-refractivity contribution in [2.75, 3.05) is 7.11 Å². The second kappa shape index (κ2) is 4.29. The number of ketones is 1. The first kappa shape index (κ1) is 11.0. The number of carbonyl (C=O) groups is 1. The fourth-order valence-electron chi connectivity index (χ4n) is 2.26. The Labute approximate surface area is 105 Å². The third-order valence-electron chi connectivity index (χ3n) is 3.21. The van der Waals surface area contributed by atoms with Gasteiger partial charge < -0.3 is 9.26 Å². The Morgan fingerprint density at radius 1 is 1.22 bits per heavy atom. The van der Waals surface area contributed by atoms with Gasteiger partial charge in [-0.15, -0.1) is 0 Å². The molecule has 1 aliphatic rings. The summed E-state index contributed by atoms with van der Waals surface area (Å²) in [5.74, 6) is 1.63. The molecule has 0 fully saturated rings. The van der Waals surface area contributed by atoms with Crippen LogP contribution in [0.15, 0.2) is 28.8 Å². The zero-order chi connectivity index (χ0) is 12.5. The molecule has 0 radical (unpaired) electrons. The summed E-state index contributed by atoms with van der Waals surface area (Å²) < 4.78 is 10.4. The van der Waals surface area contributed by atoms with Crippen LogP contribution in [0.4, 0.5) is 0 Å². The van der Waals surface area contributed by atoms with Gasteiger partial charge in [0.15, 0.2) is 5.78 Å². The minimum absolute atomic E-state index is 0.128. The summed E-state index contributed by atoms with van der Waals surface area (Å²) in [6.45, 7) is 0. The van der Waals surface area contributed by atoms with E-state index in [2.05, 4.69) is 5.16 Å². The standard InChI is InChI=1S/C14H13NO3/c1-17-10-7-5-9(6-8-10)14-13-11(16)3-2-4-12(13)18-15-14/h5-8H,2-4H2,1H3. The van der Waals surface area contributed by atoms with E-state index in [-0.39, 0.29) is 5.78 Å². The van der Waals surface area contributed by atoms with Crippen LogP contribution in [0.25, 0.3) is 11.3 Å². The number of methoxy groups -OCH3 is 1. The van der Waals surface area contributed by atoms with Crippen LogP contribution >= 0.6 is 0 Å². The fraction of sp³-hybridized carbons (Fsp3) is 0.286. The number of hydrogen-bond donors (Lipinski definition) is 0. The second-order valence-electron chi connectivity index (χ2n) is 4.33. The van der Waals surface area contributed by atoms with E-state index in [4.69, 9.17) is 9.26 Å². The van der Waals surface area contributed by atoms with Crippen LogP contribution in [0.1, 0.15) is 29.0 Å². The van der Waals surface area contributed by atoms with Crippen molar-refractivity contribution in [1.82, 2.24) is 5.16 Å². The van der Waals surface area contributed by atoms with Crippen LogP contribution in [0.2, 0.25) is 0 Å². The van der Waals surface area contributed by atoms with Crippen LogP contribution in [0.3, 0.4) is 0 Å². The van der Waals surface area contributed by atoms with Crippen molar-refractivity contribution in [2.45, 2.75) is 19.3 Å². The maximum Gasteiger partial charge on any atom is 0.168 e. The molecule has 0 saturated carbocycles. The van der Waals surface area contributed by atoms with Gasteiger partial charge in [0.25, 0.3) is 0 Å². The molecule has 0 amide bonds. The van der Waals surface area contributed by atoms with E-state index in [0.29, 0.717) is 17.7 Å². The molecule has 2 aromatic rings. The average Bonchev–Trinajstić information content (AvgIpc) is 2.84. The van der Waals surface area contributed by atoms with Gasteiger partial charge in [0.05, 0.1) is 12.7 Å². The lowest BCUT2D eigenvalue weighted by molar-refractivity contribution is 0.0969. The van der Waals surface area contributed by atoms with Gasteiger partial charge in [0.1, 0.15) is 17.2 Å². The number of benzene rings is 1. The number of fused-ring (bicyclic) bond motifs is 1. The molecule has 0 N–H and O–H groups in total. The minimum Gasteiger partial charge on any atom is -0.497 e. The van der Waals surface area contributed by atoms with E-state index in [0.717, 1.165) is 29.9 Å². The molecule has 92 valence electrons. The smallest absolute Gasteiger partial charge is 0.168 e. The van der Waals surface area contributed by atoms with Gasteiger partial charge in [-0.3, -0.25) is 4.79 Å². The molecular weight excluding hydrogens is 230 g/mol. The Morgan fingerprint density at radius 3 is 2.72 bits per heavy atom. The lowest BCUT2D eigenvalue weighted by atomic mass is 9.93. The summed E-state index contributed by atoms with van der Waals surface area (Å²) in [4.78, 5) is 11.9. The lowest BCUT2D eigenvalue weighted by Crippen LogP contribution is -2.09. The highest BCUT2D eigenvalue weighted by Gasteiger charge is 2.26. The highest BCUT2D eigenvalue weighted by Crippen LogP contribution is 2.31. The van der Waals surface area contributed by atoms with Crippen molar-refractivity contribution in [3.8, 4) is 17.0 Å². The third kappa shape index (κ3) is 1.70. The topological polar surface area (TPSA) is 52.3 Å². The van der Waals surface area contributed by atoms with Crippen molar-refractivity contribution in [3.63, 3.8) is 0 Å². The van der Waals surface area contributed by atoms with Crippen LogP contribution in [-0.4, -0.2) is 18.0 Å². The number of nitrogens with zero attached hydrogens (tertiary/aromatic N) is 1. The zero-order valence-electron chi connectivity index (χ0n) is 10.1. The quantitative estimate of drug-likeness (QED) is 0.813. The van der Waals surface area contributed by atoms with Crippen LogP contribution < -0.4 is 4.74 Å². The van der Waals surface area contributed by atoms with Crippen molar-refractivity contribution < 1.29 is 14.1 Å². The summed E-state index contributed by atoms with van der Waals surface area (Å²) in [5, 5.41) is 4.04. The van der Waals surface area contributed by atoms with E-state index in [1.165, 1.54) is 0 Å². The number of ether oxygens (including phenoxy) is 1. The maximum atomic E-state index is 11.9. The Bertz CT molecular complexity index is 584. The zero-order valence-corrected chi connectivity index (χ0v) is 10.1. The molecule has 4 nitrogen and oxygen atoms in total. The first-order valence-electron chi connectivity index (χ1n) is 5.96. The first-order chi connectivity index (χ1) is 8.79. The average molecular weight is 243 g/mol. The Morgan fingerprint density at radius 2 is 2.00 bits per heavy atom. The Hall–Kier alpha value is -2.10. The number of rotatable bonds is 2. The third-order valence-corrected chi connectivity index (χ3v) is 3.21. The molecule has 3 rings (SSSR count). The lowest BCUT2D eigenvalue weighted by Gasteiger charge is -2.08. The minimum atomic E-state index is 0.128. The number of Topliss-reactive ketones (excluding diaryl/α,β-unsaturated/α-hetero) is 1. The first-order valence-corrected chi connectivity index (χ1v) is 5.96. The summed E-state index contributed by atoms with van der Waals surface area (Å²) in [6.07, 6.45) is 2.23. The molecule has 0 saturated heterocycles. The summed E-state index contributed by atoms with van der Waals surface area (Å²) >= 11 is 0. The van der Waals surface area contributed by atoms with Gasteiger partial charge in [0.2, 0.25) is 0 Å². The van der Waals surface area contributed by atoms with Crippen LogP contribution in [-0.2, 0) is 6.42 Å². The van der Waals surface area contributed by atoms with Gasteiger partial charge in [-0.05, 0) is 30.7 Å². The monoisotopic (exact) mass is 243 g/mol. The predicted octanol–water partition coefficient (Wildman–Crippen LogP) is 2.87. The summed E-state index contributed by atoms with van der Waals surface area (Å²) in [6, 6.07) is 7.48. The van der Waals surface area contributed by atoms with Gasteiger partial charge >= 0.3 is 0 Å². The molecule has 0 spiro atoms. The molecule has 1 heterocycles. The molecule has 18 heavy (non-hydrogen) atoms. The molecule has 0 aliphatic heterocycles. The van der Waals surface area contributed by atoms with E-state index in [1.54, 1.807) is 7.11 Å². The van der Waals surface area contributed by atoms with Gasteiger partial charge in [-0.25, -0.2) is 0 Å². The molecule has 1 aromatic carbocycles. The van der Waals surface area contributed by atoms with E-state index in [9.17, 15) is 4.79 Å². The van der Waals surface area contributed by atoms with E-state index in [1.807, 2.05) is 24.3 Å². The maximum absolute atomic E-state index is 11.9. The molecule has 1 aliphatic carbocycles. The number of carbonyl (C=O) groups excluding carboxylic acids is 1. The molecule has 0 bridgehead atoms. The molecule has 0 atom stereocenters. The highest BCUT2D eigenvalue weighted by atomic mass is 16.5. The number of aromatic nitrogens is 1. The molecule has 1 aromatic heterocycles. The Balaban J connectivity index is 2.06. The van der Waals surface area contributed by atoms with Crippen molar-refractivity contribution in [2.24, 2.45) is 0 Å². The second-order valence-corrected chi connectivity index (χ2v) is 4.33. The number of aryl methyl sites for hydroxylation is 1. The van der Waals surface area contributed by atoms with E-state index < -0.39 is 0 Å². The largest absolute Gasteiger partial charge is 0.497 e. The summed E-state index contributed by atoms with van der Waals surface area (Å²) in [5.41, 5.74) is 2.19. The van der Waals surface area contributed by atoms with Crippen molar-refractivity contribution in [3.05, 3.63) is 35.6 Å². The number of hydrogen-bond acceptors (Lipinski definition) is 4. The van der Waals surface area contributed by atoms with Crippen LogP contribution in [0, 0.1) is 0 Å². The predicted molar refractivity (Wildman–Crippen MR) is 65.8 cm³/mol. The van der Waals surface area contributed by atoms with Gasteiger partial charge in [-0.2, -0.15) is 0 Å². The SMILES string of the molecule is COc1ccc(-c2noc3c2C(=O)CCC3)cc1. The van der Waals surface area contributed by atoms with Crippen molar-refractivity contribution >= 4 is 5.78 Å².